The van der Waals surface area contributed by atoms with Crippen LogP contribution >= 0.6 is 0 Å². The smallest absolute Gasteiger partial charge is 0.0550 e. The van der Waals surface area contributed by atoms with E-state index in [2.05, 4.69) is 244 Å². The van der Waals surface area contributed by atoms with Crippen molar-refractivity contribution >= 4 is 49.6 Å². The van der Waals surface area contributed by atoms with Crippen molar-refractivity contribution in [3.8, 4) is 39.1 Å². The van der Waals surface area contributed by atoms with Crippen LogP contribution in [0.25, 0.3) is 71.6 Å². The van der Waals surface area contributed by atoms with Crippen LogP contribution in [0.5, 0.6) is 0 Å². The molecule has 0 aliphatic carbocycles. The van der Waals surface area contributed by atoms with Crippen LogP contribution in [0.1, 0.15) is 51.3 Å². The van der Waals surface area contributed by atoms with Crippen LogP contribution in [-0.2, 0) is 10.8 Å². The van der Waals surface area contributed by atoms with E-state index in [0.717, 1.165) is 22.7 Å². The highest BCUT2D eigenvalue weighted by Crippen LogP contribution is 2.48. The lowest BCUT2D eigenvalue weighted by atomic mass is 9.76. The third kappa shape index (κ3) is 6.08. The summed E-state index contributed by atoms with van der Waals surface area (Å²) in [5.41, 5.74) is 17.8. The summed E-state index contributed by atoms with van der Waals surface area (Å²) in [4.78, 5) is 2.45. The quantitative estimate of drug-likeness (QED) is 0.173. The van der Waals surface area contributed by atoms with Gasteiger partial charge in [0.2, 0.25) is 0 Å². The van der Waals surface area contributed by atoms with Gasteiger partial charge in [0.1, 0.15) is 0 Å². The first-order chi connectivity index (χ1) is 29.6. The monoisotopic (exact) mass is 784 g/mol. The average Bonchev–Trinajstić information content (AvgIpc) is 3.63. The molecule has 1 aliphatic rings. The van der Waals surface area contributed by atoms with Crippen molar-refractivity contribution in [2.75, 3.05) is 4.90 Å². The van der Waals surface area contributed by atoms with Gasteiger partial charge in [-0.25, -0.2) is 0 Å². The topological polar surface area (TPSA) is 8.17 Å². The largest absolute Gasteiger partial charge is 0.310 e. The Bertz CT molecular complexity index is 3300. The Balaban J connectivity index is 1.21. The molecule has 1 aromatic heterocycles. The lowest BCUT2D eigenvalue weighted by molar-refractivity contribution is 0.591. The van der Waals surface area contributed by atoms with E-state index in [1.807, 2.05) is 0 Å². The lowest BCUT2D eigenvalue weighted by Gasteiger charge is -2.29. The average molecular weight is 785 g/mol. The van der Waals surface area contributed by atoms with Crippen molar-refractivity contribution in [2.45, 2.75) is 45.4 Å². The van der Waals surface area contributed by atoms with E-state index in [0.29, 0.717) is 0 Å². The minimum atomic E-state index is -0.314. The molecule has 11 rings (SSSR count). The van der Waals surface area contributed by atoms with E-state index < -0.39 is 0 Å². The van der Waals surface area contributed by atoms with Gasteiger partial charge in [-0.05, 0) is 121 Å². The molecule has 0 saturated carbocycles. The van der Waals surface area contributed by atoms with Gasteiger partial charge in [-0.1, -0.05) is 174 Å². The Morgan fingerprint density at radius 3 is 1.90 bits per heavy atom. The first-order valence-corrected chi connectivity index (χ1v) is 21.5. The van der Waals surface area contributed by atoms with Crippen LogP contribution in [0.4, 0.5) is 17.1 Å². The SMILES string of the molecule is CC(C)(C)c1ccc2c3c4cc(cc3n(-c3ccccc3)c2c1)C(C)(C)c1cccc(c1)-c1ccccc1N(c1ccc(-c2cccc3ccccc23)cc1)c1cccc-4c1. The Labute approximate surface area is 359 Å². The molecular weight excluding hydrogens is 737 g/mol. The lowest BCUT2D eigenvalue weighted by Crippen LogP contribution is -2.19. The summed E-state index contributed by atoms with van der Waals surface area (Å²) in [6.07, 6.45) is 0. The molecule has 9 aromatic carbocycles. The van der Waals surface area contributed by atoms with Gasteiger partial charge in [-0.15, -0.1) is 0 Å². The summed E-state index contributed by atoms with van der Waals surface area (Å²) < 4.78 is 2.50. The van der Waals surface area contributed by atoms with Gasteiger partial charge in [0, 0.05) is 38.8 Å². The zero-order chi connectivity index (χ0) is 41.5. The minimum Gasteiger partial charge on any atom is -0.310 e. The number of fused-ring (bicyclic) bond motifs is 14. The molecule has 294 valence electrons. The second kappa shape index (κ2) is 14.0. The van der Waals surface area contributed by atoms with Crippen LogP contribution in [-0.4, -0.2) is 4.57 Å². The highest BCUT2D eigenvalue weighted by Gasteiger charge is 2.29. The zero-order valence-electron chi connectivity index (χ0n) is 35.4. The van der Waals surface area contributed by atoms with Crippen LogP contribution in [0, 0.1) is 0 Å². The van der Waals surface area contributed by atoms with Crippen molar-refractivity contribution in [2.24, 2.45) is 0 Å². The summed E-state index contributed by atoms with van der Waals surface area (Å²) in [6, 6.07) is 74.7. The summed E-state index contributed by atoms with van der Waals surface area (Å²) in [5, 5.41) is 5.04. The fourth-order valence-corrected chi connectivity index (χ4v) is 9.72. The maximum atomic E-state index is 2.50. The van der Waals surface area contributed by atoms with Crippen LogP contribution in [0.15, 0.2) is 200 Å². The number of rotatable bonds is 3. The second-order valence-corrected chi connectivity index (χ2v) is 18.3. The maximum absolute atomic E-state index is 2.50. The van der Waals surface area contributed by atoms with Gasteiger partial charge in [0.25, 0.3) is 0 Å². The highest BCUT2D eigenvalue weighted by molar-refractivity contribution is 6.16. The van der Waals surface area contributed by atoms with Crippen molar-refractivity contribution in [3.63, 3.8) is 0 Å². The molecule has 2 nitrogen and oxygen atoms in total. The number of hydrogen-bond acceptors (Lipinski definition) is 1. The van der Waals surface area contributed by atoms with Crippen molar-refractivity contribution in [3.05, 3.63) is 217 Å². The molecule has 10 aromatic rings. The van der Waals surface area contributed by atoms with Gasteiger partial charge >= 0.3 is 0 Å². The van der Waals surface area contributed by atoms with Crippen LogP contribution in [0.3, 0.4) is 0 Å². The number of hydrogen-bond donors (Lipinski definition) is 0. The molecule has 2 heterocycles. The molecule has 0 saturated heterocycles. The number of nitrogens with zero attached hydrogens (tertiary/aromatic N) is 2. The van der Waals surface area contributed by atoms with E-state index >= 15 is 0 Å². The standard InChI is InChI=1S/C59H48N2/c1-58(2,3)43-30-33-52-55(37-43)61(46-21-7-6-8-22-46)56-38-45-36-53(57(52)56)42-19-14-23-48(35-42)60(54-27-12-11-25-51(54)41-18-13-20-44(34-41)59(45,4)5)47-31-28-40(29-32-47)50-26-15-17-39-16-9-10-24-49(39)50/h6-38H,1-5H3. The van der Waals surface area contributed by atoms with Gasteiger partial charge in [0.05, 0.1) is 16.7 Å². The molecular formula is C59H48N2. The molecule has 0 amide bonds. The normalized spacial score (nSPS) is 13.4. The predicted octanol–water partition coefficient (Wildman–Crippen LogP) is 16.3. The van der Waals surface area contributed by atoms with E-state index in [1.165, 1.54) is 82.6 Å². The predicted molar refractivity (Wildman–Crippen MR) is 260 cm³/mol. The third-order valence-electron chi connectivity index (χ3n) is 13.2. The molecule has 1 aliphatic heterocycles. The van der Waals surface area contributed by atoms with E-state index in [-0.39, 0.29) is 10.8 Å². The molecule has 0 radical (unpaired) electrons. The Morgan fingerprint density at radius 1 is 0.410 bits per heavy atom. The highest BCUT2D eigenvalue weighted by atomic mass is 15.1. The molecule has 0 spiro atoms. The molecule has 6 bridgehead atoms. The number of benzene rings is 9. The zero-order valence-corrected chi connectivity index (χ0v) is 35.4. The Kier molecular flexibility index (Phi) is 8.44. The van der Waals surface area contributed by atoms with Gasteiger partial charge < -0.3 is 9.47 Å². The third-order valence-corrected chi connectivity index (χ3v) is 13.2. The van der Waals surface area contributed by atoms with Crippen molar-refractivity contribution in [1.29, 1.82) is 0 Å². The summed E-state index contributed by atoms with van der Waals surface area (Å²) in [6.45, 7) is 11.7. The molecule has 2 heteroatoms. The summed E-state index contributed by atoms with van der Waals surface area (Å²) >= 11 is 0. The summed E-state index contributed by atoms with van der Waals surface area (Å²) in [5.74, 6) is 0. The minimum absolute atomic E-state index is 0.00207. The first-order valence-electron chi connectivity index (χ1n) is 21.5. The van der Waals surface area contributed by atoms with Crippen LogP contribution in [0.2, 0.25) is 0 Å². The van der Waals surface area contributed by atoms with Gasteiger partial charge in [-0.2, -0.15) is 0 Å². The molecule has 61 heavy (non-hydrogen) atoms. The number of aromatic nitrogens is 1. The van der Waals surface area contributed by atoms with Gasteiger partial charge in [0.15, 0.2) is 0 Å². The van der Waals surface area contributed by atoms with Crippen molar-refractivity contribution < 1.29 is 0 Å². The van der Waals surface area contributed by atoms with Crippen LogP contribution < -0.4 is 4.90 Å². The second-order valence-electron chi connectivity index (χ2n) is 18.3. The Morgan fingerprint density at radius 2 is 1.08 bits per heavy atom. The maximum Gasteiger partial charge on any atom is 0.0550 e. The molecule has 0 unspecified atom stereocenters. The number of anilines is 3. The van der Waals surface area contributed by atoms with Crippen molar-refractivity contribution in [1.82, 2.24) is 4.57 Å². The van der Waals surface area contributed by atoms with Gasteiger partial charge in [-0.3, -0.25) is 0 Å². The van der Waals surface area contributed by atoms with E-state index in [9.17, 15) is 0 Å². The first kappa shape index (κ1) is 36.9. The fourth-order valence-electron chi connectivity index (χ4n) is 9.72. The van der Waals surface area contributed by atoms with E-state index in [1.54, 1.807) is 0 Å². The van der Waals surface area contributed by atoms with E-state index in [4.69, 9.17) is 0 Å². The molecule has 0 atom stereocenters. The summed E-state index contributed by atoms with van der Waals surface area (Å²) in [7, 11) is 0. The fraction of sp³-hybridized carbons (Fsp3) is 0.119. The molecule has 0 N–H and O–H groups in total. The molecule has 0 fully saturated rings. The number of para-hydroxylation sites is 2. The Hall–Kier alpha value is -7.16.